The monoisotopic (exact) mass is 593 g/mol. The number of halogens is 1. The predicted molar refractivity (Wildman–Crippen MR) is 159 cm³/mol. The zero-order valence-corrected chi connectivity index (χ0v) is 24.2. The number of benzene rings is 2. The van der Waals surface area contributed by atoms with Crippen molar-refractivity contribution in [3.8, 4) is 16.5 Å². The Morgan fingerprint density at radius 3 is 2.39 bits per heavy atom. The molecule has 11 heteroatoms. The number of nitrogens with zero attached hydrogens (tertiary/aromatic N) is 3. The number of carbonyl (C=O) groups is 1. The highest BCUT2D eigenvalue weighted by molar-refractivity contribution is 7.91. The van der Waals surface area contributed by atoms with Gasteiger partial charge in [-0.2, -0.15) is 5.26 Å². The predicted octanol–water partition coefficient (Wildman–Crippen LogP) is 5.37. The van der Waals surface area contributed by atoms with Crippen molar-refractivity contribution in [2.75, 3.05) is 34.8 Å². The summed E-state index contributed by atoms with van der Waals surface area (Å²) in [5.74, 6) is -0.446. The summed E-state index contributed by atoms with van der Waals surface area (Å²) in [4.78, 5) is 21.5. The Balaban J connectivity index is 1.32. The molecule has 0 unspecified atom stereocenters. The van der Waals surface area contributed by atoms with E-state index >= 15 is 0 Å². The van der Waals surface area contributed by atoms with Crippen molar-refractivity contribution < 1.29 is 17.6 Å². The normalized spacial score (nSPS) is 22.9. The van der Waals surface area contributed by atoms with Crippen LogP contribution in [0.4, 0.5) is 20.9 Å². The van der Waals surface area contributed by atoms with Gasteiger partial charge >= 0.3 is 0 Å². The highest BCUT2D eigenvalue weighted by Gasteiger charge is 2.47. The molecule has 41 heavy (non-hydrogen) atoms. The van der Waals surface area contributed by atoms with E-state index in [2.05, 4.69) is 21.6 Å². The molecular weight excluding hydrogens is 561 g/mol. The van der Waals surface area contributed by atoms with Crippen LogP contribution >= 0.6 is 11.3 Å². The second-order valence-corrected chi connectivity index (χ2v) is 14.5. The average molecular weight is 594 g/mol. The van der Waals surface area contributed by atoms with E-state index in [1.807, 2.05) is 24.3 Å². The molecule has 2 aromatic carbocycles. The summed E-state index contributed by atoms with van der Waals surface area (Å²) in [6, 6.07) is 16.5. The molecule has 1 aromatic heterocycles. The summed E-state index contributed by atoms with van der Waals surface area (Å²) in [6.07, 6.45) is 4.89. The zero-order chi connectivity index (χ0) is 28.6. The van der Waals surface area contributed by atoms with E-state index in [0.29, 0.717) is 31.1 Å². The molecule has 2 atom stereocenters. The number of carbonyl (C=O) groups excluding carboxylic acids is 1. The molecule has 3 aliphatic rings. The van der Waals surface area contributed by atoms with Gasteiger partial charge in [-0.15, -0.1) is 0 Å². The Labute approximate surface area is 243 Å². The number of hydrogen-bond acceptors (Lipinski definition) is 8. The lowest BCUT2D eigenvalue weighted by Gasteiger charge is -2.31. The van der Waals surface area contributed by atoms with Gasteiger partial charge in [0.05, 0.1) is 28.1 Å². The molecule has 2 saturated carbocycles. The Morgan fingerprint density at radius 2 is 1.73 bits per heavy atom. The Bertz CT molecular complexity index is 1560. The second-order valence-electron chi connectivity index (χ2n) is 11.2. The van der Waals surface area contributed by atoms with Crippen LogP contribution in [0.3, 0.4) is 0 Å². The number of aromatic nitrogens is 1. The van der Waals surface area contributed by atoms with Crippen molar-refractivity contribution in [3.05, 3.63) is 60.0 Å². The van der Waals surface area contributed by atoms with Crippen molar-refractivity contribution in [1.82, 2.24) is 10.3 Å². The van der Waals surface area contributed by atoms with Gasteiger partial charge in [0.1, 0.15) is 11.4 Å². The molecule has 8 nitrogen and oxygen atoms in total. The number of amides is 1. The minimum absolute atomic E-state index is 0.0730. The third-order valence-electron chi connectivity index (χ3n) is 8.37. The fourth-order valence-corrected chi connectivity index (χ4v) is 8.05. The molecule has 1 aliphatic heterocycles. The number of nitrogens with one attached hydrogen (secondary N) is 2. The van der Waals surface area contributed by atoms with Gasteiger partial charge in [-0.3, -0.25) is 4.79 Å². The highest BCUT2D eigenvalue weighted by Crippen LogP contribution is 2.46. The second kappa shape index (κ2) is 11.1. The quantitative estimate of drug-likeness (QED) is 0.378. The average Bonchev–Trinajstić information content (AvgIpc) is 3.63. The summed E-state index contributed by atoms with van der Waals surface area (Å²) in [5.41, 5.74) is 2.80. The molecule has 0 radical (unpaired) electrons. The molecule has 1 amide bonds. The van der Waals surface area contributed by atoms with Crippen LogP contribution in [0.25, 0.3) is 10.4 Å². The van der Waals surface area contributed by atoms with Crippen molar-refractivity contribution in [2.24, 2.45) is 5.92 Å². The zero-order valence-electron chi connectivity index (χ0n) is 22.6. The Hall–Kier alpha value is -3.49. The molecular formula is C30H32FN5O3S2. The van der Waals surface area contributed by atoms with Gasteiger partial charge in [0, 0.05) is 36.3 Å². The van der Waals surface area contributed by atoms with Gasteiger partial charge < -0.3 is 15.5 Å². The smallest absolute Gasteiger partial charge is 0.225 e. The standard InChI is InChI=1S/C30H32FN5O3S2/c31-21-7-9-22(10-8-21)33-29-34-26(24-3-1-2-4-25(24)28(37)35-30(19-32)13-14-30)27(40-29)20-5-11-23(12-6-20)36-15-17-41(38,39)18-16-36/h5-12,24-25H,1-4,13-18H2,(H,33,34)(H,35,37)/t24-,25-/m1/s1. The van der Waals surface area contributed by atoms with Gasteiger partial charge in [0.2, 0.25) is 5.91 Å². The first-order valence-electron chi connectivity index (χ1n) is 14.1. The highest BCUT2D eigenvalue weighted by atomic mass is 32.2. The first kappa shape index (κ1) is 27.7. The number of anilines is 3. The fraction of sp³-hybridized carbons (Fsp3) is 0.433. The summed E-state index contributed by atoms with van der Waals surface area (Å²) < 4.78 is 37.2. The Kier molecular flexibility index (Phi) is 7.47. The summed E-state index contributed by atoms with van der Waals surface area (Å²) >= 11 is 1.50. The maximum atomic E-state index is 13.5. The fourth-order valence-electron chi connectivity index (χ4n) is 5.78. The van der Waals surface area contributed by atoms with Crippen molar-refractivity contribution in [1.29, 1.82) is 5.26 Å². The number of hydrogen-bond donors (Lipinski definition) is 2. The van der Waals surface area contributed by atoms with Crippen molar-refractivity contribution in [2.45, 2.75) is 50.0 Å². The van der Waals surface area contributed by atoms with Gasteiger partial charge in [0.15, 0.2) is 15.0 Å². The molecule has 6 rings (SSSR count). The number of thiazole rings is 1. The van der Waals surface area contributed by atoms with Gasteiger partial charge in [-0.05, 0) is 67.6 Å². The van der Waals surface area contributed by atoms with Crippen LogP contribution < -0.4 is 15.5 Å². The van der Waals surface area contributed by atoms with E-state index < -0.39 is 15.4 Å². The topological polar surface area (TPSA) is 115 Å². The number of rotatable bonds is 7. The minimum atomic E-state index is -2.97. The molecule has 0 bridgehead atoms. The number of sulfone groups is 1. The van der Waals surface area contributed by atoms with Crippen LogP contribution in [0.15, 0.2) is 48.5 Å². The molecule has 2 aliphatic carbocycles. The van der Waals surface area contributed by atoms with Crippen molar-refractivity contribution >= 4 is 43.6 Å². The SMILES string of the molecule is N#CC1(NC(=O)[C@@H]2CCCC[C@H]2c2nc(Nc3ccc(F)cc3)sc2-c2ccc(N3CCS(=O)(=O)CC3)cc2)CC1. The minimum Gasteiger partial charge on any atom is -0.369 e. The maximum absolute atomic E-state index is 13.5. The lowest BCUT2D eigenvalue weighted by molar-refractivity contribution is -0.127. The van der Waals surface area contributed by atoms with Crippen LogP contribution in [0.1, 0.15) is 50.1 Å². The molecule has 214 valence electrons. The molecule has 1 saturated heterocycles. The van der Waals surface area contributed by atoms with Gasteiger partial charge in [0.25, 0.3) is 0 Å². The van der Waals surface area contributed by atoms with Crippen LogP contribution in [-0.2, 0) is 14.6 Å². The molecule has 2 N–H and O–H groups in total. The van der Waals surface area contributed by atoms with Crippen LogP contribution in [0.5, 0.6) is 0 Å². The van der Waals surface area contributed by atoms with E-state index in [1.165, 1.54) is 23.5 Å². The largest absolute Gasteiger partial charge is 0.369 e. The Morgan fingerprint density at radius 1 is 1.05 bits per heavy atom. The van der Waals surface area contributed by atoms with E-state index in [9.17, 15) is 22.9 Å². The van der Waals surface area contributed by atoms with Crippen molar-refractivity contribution in [3.63, 3.8) is 0 Å². The van der Waals surface area contributed by atoms with Crippen LogP contribution in [0, 0.1) is 23.1 Å². The third-order valence-corrected chi connectivity index (χ3v) is 11.0. The lowest BCUT2D eigenvalue weighted by atomic mass is 9.76. The maximum Gasteiger partial charge on any atom is 0.225 e. The lowest BCUT2D eigenvalue weighted by Crippen LogP contribution is -2.42. The summed E-state index contributed by atoms with van der Waals surface area (Å²) in [7, 11) is -2.97. The van der Waals surface area contributed by atoms with E-state index in [1.54, 1.807) is 12.1 Å². The van der Waals surface area contributed by atoms with E-state index in [4.69, 9.17) is 4.98 Å². The first-order chi connectivity index (χ1) is 19.7. The van der Waals surface area contributed by atoms with E-state index in [0.717, 1.165) is 53.2 Å². The number of nitriles is 1. The van der Waals surface area contributed by atoms with E-state index in [-0.39, 0.29) is 35.1 Å². The van der Waals surface area contributed by atoms with Crippen LogP contribution in [-0.4, -0.2) is 49.4 Å². The molecule has 3 aromatic rings. The molecule has 3 fully saturated rings. The third kappa shape index (κ3) is 6.09. The molecule has 0 spiro atoms. The van der Waals surface area contributed by atoms with Gasteiger partial charge in [-0.25, -0.2) is 17.8 Å². The molecule has 2 heterocycles. The van der Waals surface area contributed by atoms with Crippen LogP contribution in [0.2, 0.25) is 0 Å². The summed E-state index contributed by atoms with van der Waals surface area (Å²) in [6.45, 7) is 0.949. The van der Waals surface area contributed by atoms with Gasteiger partial charge in [-0.1, -0.05) is 36.3 Å². The summed E-state index contributed by atoms with van der Waals surface area (Å²) in [5, 5.41) is 16.5. The first-order valence-corrected chi connectivity index (χ1v) is 16.7.